The van der Waals surface area contributed by atoms with Crippen molar-refractivity contribution in [1.29, 1.82) is 0 Å². The predicted octanol–water partition coefficient (Wildman–Crippen LogP) is 2.69. The van der Waals surface area contributed by atoms with Crippen molar-refractivity contribution in [3.63, 3.8) is 0 Å². The highest BCUT2D eigenvalue weighted by atomic mass is 32.2. The van der Waals surface area contributed by atoms with Gasteiger partial charge >= 0.3 is 16.4 Å². The van der Waals surface area contributed by atoms with Crippen molar-refractivity contribution in [3.05, 3.63) is 41.3 Å². The summed E-state index contributed by atoms with van der Waals surface area (Å²) in [5.41, 5.74) is -1.07. The smallest absolute Gasteiger partial charge is 0.416 e. The first kappa shape index (κ1) is 23.9. The van der Waals surface area contributed by atoms with E-state index < -0.39 is 59.2 Å². The largest absolute Gasteiger partial charge is 0.431 e. The van der Waals surface area contributed by atoms with Crippen molar-refractivity contribution in [3.8, 4) is 0 Å². The Morgan fingerprint density at radius 3 is 2.69 bits per heavy atom. The van der Waals surface area contributed by atoms with Crippen LogP contribution in [0.25, 0.3) is 0 Å². The van der Waals surface area contributed by atoms with Gasteiger partial charge < -0.3 is 14.5 Å². The number of benzene rings is 1. The lowest BCUT2D eigenvalue weighted by molar-refractivity contribution is -0.137. The van der Waals surface area contributed by atoms with Crippen LogP contribution < -0.4 is 10.0 Å². The second-order valence-electron chi connectivity index (χ2n) is 6.87. The fourth-order valence-electron chi connectivity index (χ4n) is 2.69. The third-order valence-electron chi connectivity index (χ3n) is 4.31. The minimum Gasteiger partial charge on any atom is -0.431 e. The van der Waals surface area contributed by atoms with Crippen LogP contribution in [0.1, 0.15) is 21.6 Å². The number of rotatable bonds is 5. The Labute approximate surface area is 178 Å². The maximum Gasteiger partial charge on any atom is 0.416 e. The van der Waals surface area contributed by atoms with Crippen LogP contribution in [-0.2, 0) is 21.1 Å². The highest BCUT2D eigenvalue weighted by Crippen LogP contribution is 2.33. The van der Waals surface area contributed by atoms with Gasteiger partial charge in [-0.1, -0.05) is 6.07 Å². The number of ether oxygens (including phenoxy) is 1. The third kappa shape index (κ3) is 5.72. The molecule has 1 aromatic heterocycles. The number of aromatic nitrogens is 1. The zero-order valence-electron chi connectivity index (χ0n) is 16.4. The van der Waals surface area contributed by atoms with Crippen LogP contribution in [0.15, 0.2) is 28.9 Å². The van der Waals surface area contributed by atoms with E-state index in [4.69, 9.17) is 4.42 Å². The Bertz CT molecular complexity index is 1100. The summed E-state index contributed by atoms with van der Waals surface area (Å²) >= 11 is 0. The van der Waals surface area contributed by atoms with E-state index in [-0.39, 0.29) is 18.3 Å². The topological polar surface area (TPSA) is 114 Å². The van der Waals surface area contributed by atoms with Crippen molar-refractivity contribution in [1.82, 2.24) is 14.0 Å². The summed E-state index contributed by atoms with van der Waals surface area (Å²) in [7, 11) is -4.66. The molecule has 0 unspecified atom stereocenters. The molecule has 0 atom stereocenters. The number of alkyl halides is 5. The molecule has 9 nitrogen and oxygen atoms in total. The minimum atomic E-state index is -4.66. The van der Waals surface area contributed by atoms with Gasteiger partial charge in [0.2, 0.25) is 0 Å². The molecule has 1 aliphatic rings. The molecule has 1 aromatic carbocycles. The summed E-state index contributed by atoms with van der Waals surface area (Å²) < 4.78 is 102. The fraction of sp³-hybridized carbons (Fsp3) is 0.412. The average molecular weight is 484 g/mol. The number of carbonyl (C=O) groups is 1. The molecule has 0 aliphatic carbocycles. The van der Waals surface area contributed by atoms with Crippen LogP contribution in [0.5, 0.6) is 0 Å². The summed E-state index contributed by atoms with van der Waals surface area (Å²) in [4.78, 5) is 15.9. The number of nitrogens with one attached hydrogen (secondary N) is 2. The van der Waals surface area contributed by atoms with Gasteiger partial charge in [0.05, 0.1) is 18.7 Å². The fourth-order valence-corrected chi connectivity index (χ4v) is 3.84. The zero-order chi connectivity index (χ0) is 23.7. The molecule has 0 radical (unpaired) electrons. The summed E-state index contributed by atoms with van der Waals surface area (Å²) in [6, 6.07) is 2.53. The molecule has 0 saturated carbocycles. The second-order valence-corrected chi connectivity index (χ2v) is 8.54. The van der Waals surface area contributed by atoms with E-state index in [1.165, 1.54) is 13.0 Å². The lowest BCUT2D eigenvalue weighted by Crippen LogP contribution is -2.48. The van der Waals surface area contributed by atoms with Gasteiger partial charge in [-0.2, -0.15) is 30.9 Å². The quantitative estimate of drug-likeness (QED) is 0.628. The van der Waals surface area contributed by atoms with Crippen molar-refractivity contribution in [2.75, 3.05) is 31.6 Å². The summed E-state index contributed by atoms with van der Waals surface area (Å²) in [6.07, 6.45) is -3.83. The molecule has 3 rings (SSSR count). The first-order chi connectivity index (χ1) is 14.8. The molecule has 2 N–H and O–H groups in total. The Balaban J connectivity index is 1.72. The predicted molar refractivity (Wildman–Crippen MR) is 99.7 cm³/mol. The van der Waals surface area contributed by atoms with Crippen LogP contribution in [0.4, 0.5) is 33.7 Å². The Morgan fingerprint density at radius 2 is 2.00 bits per heavy atom. The van der Waals surface area contributed by atoms with Crippen LogP contribution >= 0.6 is 0 Å². The number of hydrogen-bond acceptors (Lipinski definition) is 7. The molecule has 1 fully saturated rings. The highest BCUT2D eigenvalue weighted by Gasteiger charge is 2.40. The van der Waals surface area contributed by atoms with Crippen molar-refractivity contribution < 1.29 is 44.3 Å². The zero-order valence-corrected chi connectivity index (χ0v) is 17.2. The second kappa shape index (κ2) is 8.63. The van der Waals surface area contributed by atoms with Crippen molar-refractivity contribution in [2.24, 2.45) is 0 Å². The first-order valence-electron chi connectivity index (χ1n) is 8.95. The van der Waals surface area contributed by atoms with E-state index in [0.717, 1.165) is 18.4 Å². The van der Waals surface area contributed by atoms with Crippen molar-refractivity contribution >= 4 is 27.8 Å². The van der Waals surface area contributed by atoms with Gasteiger partial charge in [0.25, 0.3) is 17.8 Å². The van der Waals surface area contributed by atoms with E-state index in [1.54, 1.807) is 4.72 Å². The highest BCUT2D eigenvalue weighted by molar-refractivity contribution is 7.87. The molecule has 2 aromatic rings. The lowest BCUT2D eigenvalue weighted by atomic mass is 10.1. The van der Waals surface area contributed by atoms with Crippen molar-refractivity contribution in [2.45, 2.75) is 19.0 Å². The number of halogens is 5. The van der Waals surface area contributed by atoms with Gasteiger partial charge in [0, 0.05) is 12.2 Å². The van der Waals surface area contributed by atoms with Crippen LogP contribution in [0, 0.1) is 6.92 Å². The number of oxazole rings is 1. The van der Waals surface area contributed by atoms with E-state index in [9.17, 15) is 35.2 Å². The van der Waals surface area contributed by atoms with Gasteiger partial charge in [0.1, 0.15) is 12.9 Å². The molecular formula is C17H17F5N4O5S. The van der Waals surface area contributed by atoms with Crippen LogP contribution in [0.3, 0.4) is 0 Å². The molecule has 32 heavy (non-hydrogen) atoms. The minimum absolute atomic E-state index is 0.00643. The molecular weight excluding hydrogens is 467 g/mol. The maximum absolute atomic E-state index is 13.6. The van der Waals surface area contributed by atoms with Gasteiger partial charge in [-0.05, 0) is 24.6 Å². The molecule has 0 spiro atoms. The normalized spacial score (nSPS) is 17.6. The van der Waals surface area contributed by atoms with Crippen LogP contribution in [0.2, 0.25) is 0 Å². The number of carbonyl (C=O) groups excluding carboxylic acids is 1. The van der Waals surface area contributed by atoms with E-state index in [2.05, 4.69) is 15.0 Å². The molecule has 15 heteroatoms. The average Bonchev–Trinajstić information content (AvgIpc) is 3.05. The molecule has 1 amide bonds. The maximum atomic E-state index is 13.6. The van der Waals surface area contributed by atoms with Gasteiger partial charge in [-0.25, -0.2) is 13.5 Å². The monoisotopic (exact) mass is 484 g/mol. The first-order valence-corrected chi connectivity index (χ1v) is 10.4. The number of nitrogens with zero attached hydrogens (tertiary/aromatic N) is 2. The number of aryl methyl sites for hydroxylation is 1. The SMILES string of the molecule is Cc1ccc(C(F)(F)F)cc1Nc1nc(C(=O)NS(=O)(=O)N2CCOCC(F)(F)C2)co1. The Hall–Kier alpha value is -2.78. The molecule has 1 aliphatic heterocycles. The molecule has 2 heterocycles. The molecule has 176 valence electrons. The Morgan fingerprint density at radius 1 is 1.28 bits per heavy atom. The number of amides is 1. The molecule has 0 bridgehead atoms. The number of anilines is 2. The Kier molecular flexibility index (Phi) is 6.44. The van der Waals surface area contributed by atoms with E-state index in [1.807, 2.05) is 0 Å². The van der Waals surface area contributed by atoms with Gasteiger partial charge in [0.15, 0.2) is 5.69 Å². The van der Waals surface area contributed by atoms with Crippen LogP contribution in [-0.4, -0.2) is 55.8 Å². The summed E-state index contributed by atoms with van der Waals surface area (Å²) in [5.74, 6) is -4.72. The van der Waals surface area contributed by atoms with E-state index >= 15 is 0 Å². The number of hydrogen-bond donors (Lipinski definition) is 2. The van der Waals surface area contributed by atoms with Gasteiger partial charge in [-0.3, -0.25) is 4.79 Å². The third-order valence-corrected chi connectivity index (χ3v) is 5.75. The molecule has 1 saturated heterocycles. The lowest BCUT2D eigenvalue weighted by Gasteiger charge is -2.22. The standard InChI is InChI=1S/C17H17F5N4O5S/c1-10-2-3-11(17(20,21)22)6-12(10)23-15-24-13(7-31-15)14(27)25-32(28,29)26-4-5-30-9-16(18,19)8-26/h2-3,6-7H,4-5,8-9H2,1H3,(H,23,24)(H,25,27). The van der Waals surface area contributed by atoms with Gasteiger partial charge in [-0.15, -0.1) is 0 Å². The summed E-state index contributed by atoms with van der Waals surface area (Å²) in [6.45, 7) is -1.32. The van der Waals surface area contributed by atoms with E-state index in [0.29, 0.717) is 9.87 Å². The summed E-state index contributed by atoms with van der Waals surface area (Å²) in [5, 5.41) is 2.47.